The first-order valence-electron chi connectivity index (χ1n) is 8.92. The van der Waals surface area contributed by atoms with Crippen LogP contribution in [0.15, 0.2) is 23.8 Å². The van der Waals surface area contributed by atoms with Gasteiger partial charge in [0.15, 0.2) is 0 Å². The maximum atomic E-state index is 6.45. The van der Waals surface area contributed by atoms with Crippen LogP contribution in [0.3, 0.4) is 0 Å². The molecule has 5 atom stereocenters. The molecule has 1 aliphatic carbocycles. The van der Waals surface area contributed by atoms with E-state index in [1.165, 1.54) is 49.7 Å². The predicted molar refractivity (Wildman–Crippen MR) is 91.4 cm³/mol. The average Bonchev–Trinajstić information content (AvgIpc) is 2.37. The molecule has 0 aromatic rings. The van der Waals surface area contributed by atoms with E-state index in [1.54, 1.807) is 0 Å². The van der Waals surface area contributed by atoms with Crippen LogP contribution >= 0.6 is 0 Å². The summed E-state index contributed by atoms with van der Waals surface area (Å²) in [5, 5.41) is 0. The van der Waals surface area contributed by atoms with Gasteiger partial charge >= 0.3 is 0 Å². The van der Waals surface area contributed by atoms with Crippen LogP contribution in [0.5, 0.6) is 0 Å². The Kier molecular flexibility index (Phi) is 6.10. The Morgan fingerprint density at radius 1 is 1.38 bits per heavy atom. The minimum absolute atomic E-state index is 0.422. The second kappa shape index (κ2) is 7.63. The van der Waals surface area contributed by atoms with Crippen molar-refractivity contribution in [1.29, 1.82) is 0 Å². The third kappa shape index (κ3) is 4.98. The molecule has 2 aliphatic rings. The van der Waals surface area contributed by atoms with Crippen molar-refractivity contribution in [2.75, 3.05) is 0 Å². The first-order chi connectivity index (χ1) is 9.95. The van der Waals surface area contributed by atoms with Gasteiger partial charge in [0.05, 0.1) is 12.2 Å². The van der Waals surface area contributed by atoms with Crippen LogP contribution in [0.4, 0.5) is 0 Å². The highest BCUT2D eigenvalue weighted by Crippen LogP contribution is 2.41. The third-order valence-corrected chi connectivity index (χ3v) is 5.31. The summed E-state index contributed by atoms with van der Waals surface area (Å²) < 4.78 is 6.45. The number of fused-ring (bicyclic) bond motifs is 1. The van der Waals surface area contributed by atoms with Crippen molar-refractivity contribution < 1.29 is 4.74 Å². The molecule has 2 fully saturated rings. The lowest BCUT2D eigenvalue weighted by molar-refractivity contribution is -0.0906. The minimum atomic E-state index is 0.422. The third-order valence-electron chi connectivity index (χ3n) is 5.31. The van der Waals surface area contributed by atoms with Gasteiger partial charge in [-0.25, -0.2) is 0 Å². The molecule has 0 aromatic carbocycles. The standard InChI is InChI=1S/C20H34O/c1-14(2)7-6-8-15(3)11-18-13-17(5)19-10-9-16(4)12-20(19)21-18/h7,15-16,18-20H,5-6,8-13H2,1-4H3/t15-,16+,18-,19-,20-/m0/s1. The summed E-state index contributed by atoms with van der Waals surface area (Å²) in [6, 6.07) is 0. The van der Waals surface area contributed by atoms with Crippen molar-refractivity contribution in [2.45, 2.75) is 84.8 Å². The molecule has 0 bridgehead atoms. The highest BCUT2D eigenvalue weighted by molar-refractivity contribution is 5.10. The molecular formula is C20H34O. The maximum Gasteiger partial charge on any atom is 0.0646 e. The van der Waals surface area contributed by atoms with Gasteiger partial charge in [-0.2, -0.15) is 0 Å². The Morgan fingerprint density at radius 3 is 2.86 bits per heavy atom. The number of allylic oxidation sites excluding steroid dienone is 2. The highest BCUT2D eigenvalue weighted by atomic mass is 16.5. The van der Waals surface area contributed by atoms with Crippen molar-refractivity contribution in [2.24, 2.45) is 17.8 Å². The van der Waals surface area contributed by atoms with E-state index in [9.17, 15) is 0 Å². The summed E-state index contributed by atoms with van der Waals surface area (Å²) >= 11 is 0. The molecule has 1 nitrogen and oxygen atoms in total. The van der Waals surface area contributed by atoms with Gasteiger partial charge in [0.25, 0.3) is 0 Å². The van der Waals surface area contributed by atoms with Gasteiger partial charge in [0.2, 0.25) is 0 Å². The fourth-order valence-corrected chi connectivity index (χ4v) is 4.05. The summed E-state index contributed by atoms with van der Waals surface area (Å²) in [7, 11) is 0. The summed E-state index contributed by atoms with van der Waals surface area (Å²) in [4.78, 5) is 0. The second-order valence-electron chi connectivity index (χ2n) is 7.88. The van der Waals surface area contributed by atoms with E-state index in [1.807, 2.05) is 0 Å². The van der Waals surface area contributed by atoms with Crippen LogP contribution < -0.4 is 0 Å². The average molecular weight is 290 g/mol. The van der Waals surface area contributed by atoms with E-state index in [4.69, 9.17) is 4.74 Å². The molecule has 0 radical (unpaired) electrons. The molecule has 0 amide bonds. The quantitative estimate of drug-likeness (QED) is 0.572. The highest BCUT2D eigenvalue weighted by Gasteiger charge is 2.37. The molecule has 1 aliphatic heterocycles. The smallest absolute Gasteiger partial charge is 0.0646 e. The van der Waals surface area contributed by atoms with Gasteiger partial charge in [0.1, 0.15) is 0 Å². The van der Waals surface area contributed by atoms with Gasteiger partial charge in [-0.05, 0) is 70.6 Å². The summed E-state index contributed by atoms with van der Waals surface area (Å²) in [5.74, 6) is 2.22. The normalized spacial score (nSPS) is 34.2. The summed E-state index contributed by atoms with van der Waals surface area (Å²) in [6.07, 6.45) is 11.9. The van der Waals surface area contributed by atoms with Gasteiger partial charge in [0, 0.05) is 5.92 Å². The van der Waals surface area contributed by atoms with E-state index in [-0.39, 0.29) is 0 Å². The molecule has 2 rings (SSSR count). The first-order valence-corrected chi connectivity index (χ1v) is 8.92. The predicted octanol–water partition coefficient (Wildman–Crippen LogP) is 5.91. The SMILES string of the molecule is C=C1C[C@H](C[C@@H](C)CCC=C(C)C)O[C@H]2C[C@H](C)CC[C@@H]12. The maximum absolute atomic E-state index is 6.45. The Bertz CT molecular complexity index is 377. The second-order valence-corrected chi connectivity index (χ2v) is 7.88. The first kappa shape index (κ1) is 16.8. The van der Waals surface area contributed by atoms with Crippen molar-refractivity contribution in [1.82, 2.24) is 0 Å². The fraction of sp³-hybridized carbons (Fsp3) is 0.800. The lowest BCUT2D eigenvalue weighted by Gasteiger charge is -2.43. The molecule has 0 unspecified atom stereocenters. The number of hydrogen-bond acceptors (Lipinski definition) is 1. The van der Waals surface area contributed by atoms with Crippen LogP contribution in [-0.4, -0.2) is 12.2 Å². The van der Waals surface area contributed by atoms with Crippen LogP contribution in [0.2, 0.25) is 0 Å². The molecule has 0 spiro atoms. The Hall–Kier alpha value is -0.560. The van der Waals surface area contributed by atoms with E-state index < -0.39 is 0 Å². The van der Waals surface area contributed by atoms with Gasteiger partial charge < -0.3 is 4.74 Å². The van der Waals surface area contributed by atoms with E-state index >= 15 is 0 Å². The number of ether oxygens (including phenoxy) is 1. The molecule has 1 heteroatoms. The van der Waals surface area contributed by atoms with Crippen molar-refractivity contribution >= 4 is 0 Å². The van der Waals surface area contributed by atoms with E-state index in [0.717, 1.165) is 18.3 Å². The lowest BCUT2D eigenvalue weighted by Crippen LogP contribution is -2.40. The Morgan fingerprint density at radius 2 is 2.14 bits per heavy atom. The molecule has 1 saturated carbocycles. The van der Waals surface area contributed by atoms with Crippen LogP contribution in [-0.2, 0) is 4.74 Å². The Labute approximate surface area is 131 Å². The van der Waals surface area contributed by atoms with E-state index in [2.05, 4.69) is 40.3 Å². The van der Waals surface area contributed by atoms with Crippen LogP contribution in [0.1, 0.15) is 72.6 Å². The zero-order valence-electron chi connectivity index (χ0n) is 14.5. The fourth-order valence-electron chi connectivity index (χ4n) is 4.05. The van der Waals surface area contributed by atoms with Crippen LogP contribution in [0, 0.1) is 17.8 Å². The molecule has 0 N–H and O–H groups in total. The minimum Gasteiger partial charge on any atom is -0.374 e. The largest absolute Gasteiger partial charge is 0.374 e. The zero-order valence-corrected chi connectivity index (χ0v) is 14.5. The molecule has 1 saturated heterocycles. The van der Waals surface area contributed by atoms with Crippen molar-refractivity contribution in [3.8, 4) is 0 Å². The molecule has 0 aromatic heterocycles. The number of rotatable bonds is 5. The molecule has 21 heavy (non-hydrogen) atoms. The van der Waals surface area contributed by atoms with E-state index in [0.29, 0.717) is 18.1 Å². The molecular weight excluding hydrogens is 256 g/mol. The summed E-state index contributed by atoms with van der Waals surface area (Å²) in [5.41, 5.74) is 2.91. The molecule has 120 valence electrons. The van der Waals surface area contributed by atoms with Gasteiger partial charge in [-0.15, -0.1) is 0 Å². The molecule has 1 heterocycles. The topological polar surface area (TPSA) is 9.23 Å². The van der Waals surface area contributed by atoms with Gasteiger partial charge in [-0.3, -0.25) is 0 Å². The number of hydrogen-bond donors (Lipinski definition) is 0. The Balaban J connectivity index is 1.81. The monoisotopic (exact) mass is 290 g/mol. The van der Waals surface area contributed by atoms with Crippen molar-refractivity contribution in [3.63, 3.8) is 0 Å². The van der Waals surface area contributed by atoms with Crippen LogP contribution in [0.25, 0.3) is 0 Å². The zero-order chi connectivity index (χ0) is 15.4. The lowest BCUT2D eigenvalue weighted by atomic mass is 9.74. The summed E-state index contributed by atoms with van der Waals surface area (Å²) in [6.45, 7) is 13.5. The van der Waals surface area contributed by atoms with Gasteiger partial charge in [-0.1, -0.05) is 37.6 Å². The van der Waals surface area contributed by atoms with Crippen molar-refractivity contribution in [3.05, 3.63) is 23.8 Å².